The molecule has 1 fully saturated rings. The second kappa shape index (κ2) is 13.0. The number of amides is 2. The van der Waals surface area contributed by atoms with Crippen LogP contribution in [0.2, 0.25) is 0 Å². The SMILES string of the molecule is CO/N=C(\C(=O)N[C@@H]1C(=O)N2C(C(=O)OCOC(=O)C(C)(C)C)=C(CSc3ccoc(=O)c3)CS[C@@H]12)c1csc(N)n1. The molecule has 0 bridgehead atoms. The molecule has 2 atom stereocenters. The molecular formula is C25H27N5O9S3. The van der Waals surface area contributed by atoms with Crippen LogP contribution in [0.25, 0.3) is 0 Å². The van der Waals surface area contributed by atoms with E-state index in [1.165, 1.54) is 53.2 Å². The Morgan fingerprint density at radius 3 is 2.69 bits per heavy atom. The van der Waals surface area contributed by atoms with Crippen LogP contribution in [0.3, 0.4) is 0 Å². The molecule has 0 aromatic carbocycles. The van der Waals surface area contributed by atoms with Crippen LogP contribution in [0, 0.1) is 5.41 Å². The van der Waals surface area contributed by atoms with Crippen molar-refractivity contribution in [3.8, 4) is 0 Å². The van der Waals surface area contributed by atoms with Crippen LogP contribution >= 0.6 is 34.9 Å². The first-order valence-corrected chi connectivity index (χ1v) is 15.2. The second-order valence-corrected chi connectivity index (χ2v) is 12.9. The van der Waals surface area contributed by atoms with Gasteiger partial charge >= 0.3 is 17.6 Å². The highest BCUT2D eigenvalue weighted by Crippen LogP contribution is 2.42. The van der Waals surface area contributed by atoms with Crippen molar-refractivity contribution in [2.45, 2.75) is 37.1 Å². The Hall–Kier alpha value is -3.83. The number of nitrogen functional groups attached to an aromatic ring is 1. The number of hydrogen-bond acceptors (Lipinski definition) is 15. The van der Waals surface area contributed by atoms with Crippen molar-refractivity contribution < 1.29 is 37.9 Å². The lowest BCUT2D eigenvalue weighted by molar-refractivity contribution is -0.173. The number of carbonyl (C=O) groups excluding carboxylic acids is 4. The van der Waals surface area contributed by atoms with Gasteiger partial charge in [-0.1, -0.05) is 5.16 Å². The van der Waals surface area contributed by atoms with E-state index in [-0.39, 0.29) is 28.0 Å². The molecule has 2 aromatic rings. The summed E-state index contributed by atoms with van der Waals surface area (Å²) in [6, 6.07) is 1.92. The van der Waals surface area contributed by atoms with Gasteiger partial charge in [0, 0.05) is 27.8 Å². The third-order valence-corrected chi connectivity index (χ3v) is 8.87. The molecule has 14 nitrogen and oxygen atoms in total. The van der Waals surface area contributed by atoms with E-state index in [0.29, 0.717) is 16.2 Å². The number of fused-ring (bicyclic) bond motifs is 1. The van der Waals surface area contributed by atoms with Gasteiger partial charge in [0.1, 0.15) is 29.9 Å². The monoisotopic (exact) mass is 637 g/mol. The number of nitrogens with one attached hydrogen (secondary N) is 1. The van der Waals surface area contributed by atoms with Gasteiger partial charge in [0.2, 0.25) is 6.79 Å². The lowest BCUT2D eigenvalue weighted by Gasteiger charge is -2.49. The van der Waals surface area contributed by atoms with Crippen molar-refractivity contribution in [3.05, 3.63) is 51.2 Å². The number of aromatic nitrogens is 1. The Morgan fingerprint density at radius 2 is 2.05 bits per heavy atom. The summed E-state index contributed by atoms with van der Waals surface area (Å²) in [4.78, 5) is 74.0. The standard InChI is InChI=1S/C25H27N5O9S3/c1-25(2,3)23(35)39-11-38-22(34)18-12(8-40-13-5-6-37-15(31)7-13)9-41-21-17(20(33)30(18)21)28-19(32)16(29-36-4)14-10-42-24(26)27-14/h5-7,10,17,21H,8-9,11H2,1-4H3,(H2,26,27)(H,28,32)/b29-16-/t17-,21+/m1/s1. The number of oxime groups is 1. The van der Waals surface area contributed by atoms with Crippen LogP contribution in [0.5, 0.6) is 0 Å². The van der Waals surface area contributed by atoms with Crippen molar-refractivity contribution in [2.24, 2.45) is 10.6 Å². The zero-order chi connectivity index (χ0) is 30.6. The molecule has 42 heavy (non-hydrogen) atoms. The van der Waals surface area contributed by atoms with E-state index in [2.05, 4.69) is 15.5 Å². The van der Waals surface area contributed by atoms with Gasteiger partial charge in [0.05, 0.1) is 11.7 Å². The number of ether oxygens (including phenoxy) is 2. The molecule has 2 aliphatic rings. The lowest BCUT2D eigenvalue weighted by atomic mass is 9.98. The summed E-state index contributed by atoms with van der Waals surface area (Å²) in [7, 11) is 1.26. The molecule has 0 saturated carbocycles. The van der Waals surface area contributed by atoms with Crippen LogP contribution in [0.4, 0.5) is 5.13 Å². The maximum Gasteiger partial charge on any atom is 0.357 e. The largest absolute Gasteiger partial charge is 0.431 e. The molecular weight excluding hydrogens is 611 g/mol. The number of β-lactam (4-membered cyclic amide) rings is 1. The molecule has 0 spiro atoms. The van der Waals surface area contributed by atoms with E-state index in [0.717, 1.165) is 11.3 Å². The third-order valence-electron chi connectivity index (χ3n) is 5.77. The van der Waals surface area contributed by atoms with Gasteiger partial charge in [-0.15, -0.1) is 34.9 Å². The zero-order valence-electron chi connectivity index (χ0n) is 22.9. The number of esters is 2. The van der Waals surface area contributed by atoms with E-state index >= 15 is 0 Å². The predicted octanol–water partition coefficient (Wildman–Crippen LogP) is 1.57. The third kappa shape index (κ3) is 6.96. The smallest absolute Gasteiger partial charge is 0.357 e. The van der Waals surface area contributed by atoms with Crippen molar-refractivity contribution in [1.82, 2.24) is 15.2 Å². The first kappa shape index (κ1) is 31.1. The number of thioether (sulfide) groups is 2. The zero-order valence-corrected chi connectivity index (χ0v) is 25.4. The average molecular weight is 638 g/mol. The highest BCUT2D eigenvalue weighted by molar-refractivity contribution is 8.01. The van der Waals surface area contributed by atoms with Crippen LogP contribution < -0.4 is 16.7 Å². The molecule has 224 valence electrons. The molecule has 3 N–H and O–H groups in total. The molecule has 4 heterocycles. The highest BCUT2D eigenvalue weighted by atomic mass is 32.2. The Labute approximate surface area is 252 Å². The van der Waals surface area contributed by atoms with E-state index in [4.69, 9.17) is 24.5 Å². The van der Waals surface area contributed by atoms with Crippen molar-refractivity contribution in [2.75, 3.05) is 31.1 Å². The minimum atomic E-state index is -0.991. The van der Waals surface area contributed by atoms with E-state index in [9.17, 15) is 24.0 Å². The Bertz CT molecular complexity index is 1510. The van der Waals surface area contributed by atoms with Gasteiger partial charge in [-0.3, -0.25) is 19.3 Å². The van der Waals surface area contributed by atoms with Crippen LogP contribution in [0.1, 0.15) is 26.5 Å². The maximum absolute atomic E-state index is 13.4. The topological polar surface area (TPSA) is 193 Å². The predicted molar refractivity (Wildman–Crippen MR) is 154 cm³/mol. The quantitative estimate of drug-likeness (QED) is 0.0953. The van der Waals surface area contributed by atoms with Crippen molar-refractivity contribution in [3.63, 3.8) is 0 Å². The average Bonchev–Trinajstić information content (AvgIpc) is 3.37. The lowest BCUT2D eigenvalue weighted by Crippen LogP contribution is -2.71. The number of rotatable bonds is 10. The summed E-state index contributed by atoms with van der Waals surface area (Å²) in [6.07, 6.45) is 1.26. The van der Waals surface area contributed by atoms with E-state index < -0.39 is 53.0 Å². The van der Waals surface area contributed by atoms with E-state index in [1.807, 2.05) is 0 Å². The highest BCUT2D eigenvalue weighted by Gasteiger charge is 2.54. The van der Waals surface area contributed by atoms with Crippen LogP contribution in [0.15, 0.2) is 54.3 Å². The van der Waals surface area contributed by atoms with E-state index in [1.54, 1.807) is 26.8 Å². The number of nitrogens with two attached hydrogens (primary N) is 1. The molecule has 17 heteroatoms. The number of nitrogens with zero attached hydrogens (tertiary/aromatic N) is 3. The molecule has 4 rings (SSSR count). The van der Waals surface area contributed by atoms with Crippen molar-refractivity contribution in [1.29, 1.82) is 0 Å². The number of hydrogen-bond donors (Lipinski definition) is 2. The summed E-state index contributed by atoms with van der Waals surface area (Å²) in [5, 5.41) is 7.48. The van der Waals surface area contributed by atoms with Crippen LogP contribution in [-0.2, 0) is 33.5 Å². The maximum atomic E-state index is 13.4. The van der Waals surface area contributed by atoms with Crippen molar-refractivity contribution >= 4 is 69.5 Å². The summed E-state index contributed by atoms with van der Waals surface area (Å²) in [5.74, 6) is -2.17. The molecule has 2 aromatic heterocycles. The first-order chi connectivity index (χ1) is 19.9. The molecule has 0 aliphatic carbocycles. The summed E-state index contributed by atoms with van der Waals surface area (Å²) >= 11 is 3.71. The summed E-state index contributed by atoms with van der Waals surface area (Å²) in [6.45, 7) is 4.32. The number of carbonyl (C=O) groups is 4. The van der Waals surface area contributed by atoms with Gasteiger partial charge in [-0.05, 0) is 32.4 Å². The minimum absolute atomic E-state index is 0.0189. The number of thiazole rings is 1. The summed E-state index contributed by atoms with van der Waals surface area (Å²) in [5.41, 5.74) is 4.89. The fraction of sp³-hybridized carbons (Fsp3) is 0.400. The van der Waals surface area contributed by atoms with Gasteiger partial charge in [-0.25, -0.2) is 14.6 Å². The Balaban J connectivity index is 1.53. The van der Waals surface area contributed by atoms with Gasteiger partial charge in [0.15, 0.2) is 10.8 Å². The fourth-order valence-corrected chi connectivity index (χ4v) is 6.67. The van der Waals surface area contributed by atoms with Gasteiger partial charge in [0.25, 0.3) is 11.8 Å². The molecule has 2 amide bonds. The van der Waals surface area contributed by atoms with Gasteiger partial charge in [-0.2, -0.15) is 0 Å². The van der Waals surface area contributed by atoms with Crippen LogP contribution in [-0.4, -0.2) is 76.2 Å². The minimum Gasteiger partial charge on any atom is -0.431 e. The van der Waals surface area contributed by atoms with Gasteiger partial charge < -0.3 is 29.8 Å². The Kier molecular flexibility index (Phi) is 9.63. The first-order valence-electron chi connectivity index (χ1n) is 12.3. The molecule has 0 radical (unpaired) electrons. The normalized spacial score (nSPS) is 18.6. The number of anilines is 1. The molecule has 2 aliphatic heterocycles. The second-order valence-electron chi connectivity index (χ2n) is 9.81. The summed E-state index contributed by atoms with van der Waals surface area (Å²) < 4.78 is 15.0. The molecule has 1 saturated heterocycles. The Morgan fingerprint density at radius 1 is 1.29 bits per heavy atom. The fourth-order valence-electron chi connectivity index (χ4n) is 3.73. The molecule has 0 unspecified atom stereocenters.